The smallest absolute Gasteiger partial charge is 0.421 e. The topological polar surface area (TPSA) is 29.5 Å². The first-order valence-electron chi connectivity index (χ1n) is 6.09. The molecule has 0 aliphatic carbocycles. The minimum Gasteiger partial charge on any atom is -0.488 e. The molecule has 112 valence electrons. The summed E-state index contributed by atoms with van der Waals surface area (Å²) in [5, 5.41) is 9.07. The summed E-state index contributed by atoms with van der Waals surface area (Å²) in [6, 6.07) is 11.6. The Morgan fingerprint density at radius 2 is 1.71 bits per heavy atom. The molecule has 2 aromatic carbocycles. The summed E-state index contributed by atoms with van der Waals surface area (Å²) in [5.74, 6) is -0.268. The van der Waals surface area contributed by atoms with Crippen molar-refractivity contribution in [3.63, 3.8) is 0 Å². The van der Waals surface area contributed by atoms with Crippen molar-refractivity contribution in [3.8, 4) is 5.75 Å². The van der Waals surface area contributed by atoms with Gasteiger partial charge in [0.1, 0.15) is 17.9 Å². The van der Waals surface area contributed by atoms with Gasteiger partial charge in [0.15, 0.2) is 0 Å². The number of rotatable bonds is 4. The number of halogens is 4. The van der Waals surface area contributed by atoms with Gasteiger partial charge in [0.25, 0.3) is 0 Å². The molecule has 0 heterocycles. The van der Waals surface area contributed by atoms with Crippen LogP contribution in [-0.2, 0) is 19.4 Å². The number of alkyl halides is 3. The van der Waals surface area contributed by atoms with Gasteiger partial charge in [-0.3, -0.25) is 0 Å². The van der Waals surface area contributed by atoms with E-state index in [0.717, 1.165) is 5.56 Å². The van der Waals surface area contributed by atoms with E-state index in [4.69, 9.17) is 9.84 Å². The third-order valence-electron chi connectivity index (χ3n) is 2.87. The van der Waals surface area contributed by atoms with E-state index in [9.17, 15) is 13.2 Å². The predicted octanol–water partition coefficient (Wildman–Crippen LogP) is 4.54. The molecule has 1 N–H and O–H groups in total. The molecule has 6 heteroatoms. The fraction of sp³-hybridized carbons (Fsp3) is 0.200. The normalized spacial score (nSPS) is 11.5. The monoisotopic (exact) mass is 360 g/mol. The molecular weight excluding hydrogens is 349 g/mol. The van der Waals surface area contributed by atoms with Crippen LogP contribution in [0.2, 0.25) is 0 Å². The van der Waals surface area contributed by atoms with Crippen LogP contribution in [0.1, 0.15) is 16.7 Å². The van der Waals surface area contributed by atoms with Gasteiger partial charge in [-0.1, -0.05) is 36.4 Å². The lowest BCUT2D eigenvalue weighted by Crippen LogP contribution is -2.11. The van der Waals surface area contributed by atoms with E-state index < -0.39 is 18.3 Å². The van der Waals surface area contributed by atoms with Crippen LogP contribution in [0.5, 0.6) is 5.75 Å². The maximum absolute atomic E-state index is 13.2. The molecule has 0 aliphatic heterocycles. The van der Waals surface area contributed by atoms with E-state index >= 15 is 0 Å². The number of hydrogen-bond acceptors (Lipinski definition) is 2. The minimum atomic E-state index is -4.57. The second-order valence-electron chi connectivity index (χ2n) is 4.34. The quantitative estimate of drug-likeness (QED) is 0.867. The molecule has 0 fully saturated rings. The molecule has 0 aromatic heterocycles. The molecule has 0 aliphatic rings. The summed E-state index contributed by atoms with van der Waals surface area (Å²) in [5.41, 5.74) is 0.0207. The first-order valence-corrected chi connectivity index (χ1v) is 6.89. The molecule has 0 saturated heterocycles. The first-order chi connectivity index (χ1) is 9.93. The average Bonchev–Trinajstić information content (AvgIpc) is 2.45. The second kappa shape index (κ2) is 6.49. The highest BCUT2D eigenvalue weighted by molar-refractivity contribution is 9.10. The van der Waals surface area contributed by atoms with E-state index in [0.29, 0.717) is 0 Å². The van der Waals surface area contributed by atoms with Gasteiger partial charge in [0.05, 0.1) is 6.61 Å². The summed E-state index contributed by atoms with van der Waals surface area (Å²) in [7, 11) is 0. The molecule has 0 amide bonds. The van der Waals surface area contributed by atoms with E-state index in [1.165, 1.54) is 12.1 Å². The van der Waals surface area contributed by atoms with E-state index in [1.54, 1.807) is 24.3 Å². The van der Waals surface area contributed by atoms with E-state index in [2.05, 4.69) is 15.9 Å². The number of benzene rings is 2. The molecule has 0 unspecified atom stereocenters. The summed E-state index contributed by atoms with van der Waals surface area (Å²) in [4.78, 5) is 0. The molecule has 2 rings (SSSR count). The Hall–Kier alpha value is -1.53. The molecular formula is C15H12BrF3O2. The van der Waals surface area contributed by atoms with Crippen LogP contribution in [-0.4, -0.2) is 5.11 Å². The number of aliphatic hydroxyl groups excluding tert-OH is 1. The molecule has 21 heavy (non-hydrogen) atoms. The van der Waals surface area contributed by atoms with Crippen molar-refractivity contribution in [2.45, 2.75) is 19.4 Å². The van der Waals surface area contributed by atoms with Crippen molar-refractivity contribution in [2.24, 2.45) is 0 Å². The van der Waals surface area contributed by atoms with Gasteiger partial charge in [0, 0.05) is 4.47 Å². The Balaban J connectivity index is 2.33. The third-order valence-corrected chi connectivity index (χ3v) is 3.78. The number of ether oxygens (including phenoxy) is 1. The van der Waals surface area contributed by atoms with Crippen molar-refractivity contribution in [1.82, 2.24) is 0 Å². The number of aliphatic hydroxyl groups is 1. The standard InChI is InChI=1S/C15H12BrF3O2/c16-14-11(8-20)6-7-12(13(14)15(17,18)19)21-9-10-4-2-1-3-5-10/h1-7,20H,8-9H2. The van der Waals surface area contributed by atoms with Crippen LogP contribution in [0.25, 0.3) is 0 Å². The Morgan fingerprint density at radius 3 is 2.29 bits per heavy atom. The highest BCUT2D eigenvalue weighted by Crippen LogP contribution is 2.42. The fourth-order valence-corrected chi connectivity index (χ4v) is 2.52. The van der Waals surface area contributed by atoms with Crippen LogP contribution in [0.3, 0.4) is 0 Å². The van der Waals surface area contributed by atoms with E-state index in [-0.39, 0.29) is 22.4 Å². The van der Waals surface area contributed by atoms with Crippen LogP contribution < -0.4 is 4.74 Å². The van der Waals surface area contributed by atoms with Gasteiger partial charge in [-0.15, -0.1) is 0 Å². The molecule has 0 atom stereocenters. The van der Waals surface area contributed by atoms with Gasteiger partial charge in [-0.25, -0.2) is 0 Å². The molecule has 2 aromatic rings. The second-order valence-corrected chi connectivity index (χ2v) is 5.13. The highest BCUT2D eigenvalue weighted by atomic mass is 79.9. The zero-order valence-corrected chi connectivity index (χ0v) is 12.4. The Kier molecular flexibility index (Phi) is 4.90. The minimum absolute atomic E-state index is 0.0365. The Bertz CT molecular complexity index is 612. The summed E-state index contributed by atoms with van der Waals surface area (Å²) >= 11 is 2.89. The zero-order valence-electron chi connectivity index (χ0n) is 10.8. The first kappa shape index (κ1) is 15.9. The predicted molar refractivity (Wildman–Crippen MR) is 75.8 cm³/mol. The highest BCUT2D eigenvalue weighted by Gasteiger charge is 2.37. The molecule has 0 saturated carbocycles. The van der Waals surface area contributed by atoms with Crippen molar-refractivity contribution >= 4 is 15.9 Å². The van der Waals surface area contributed by atoms with Crippen molar-refractivity contribution in [2.75, 3.05) is 0 Å². The van der Waals surface area contributed by atoms with Gasteiger partial charge in [-0.05, 0) is 33.1 Å². The lowest BCUT2D eigenvalue weighted by molar-refractivity contribution is -0.139. The average molecular weight is 361 g/mol. The molecule has 2 nitrogen and oxygen atoms in total. The molecule has 0 radical (unpaired) electrons. The fourth-order valence-electron chi connectivity index (χ4n) is 1.84. The van der Waals surface area contributed by atoms with Crippen molar-refractivity contribution in [1.29, 1.82) is 0 Å². The van der Waals surface area contributed by atoms with Crippen molar-refractivity contribution < 1.29 is 23.0 Å². The largest absolute Gasteiger partial charge is 0.488 e. The Labute approximate surface area is 128 Å². The SMILES string of the molecule is OCc1ccc(OCc2ccccc2)c(C(F)(F)F)c1Br. The van der Waals surface area contributed by atoms with Gasteiger partial charge < -0.3 is 9.84 Å². The Morgan fingerprint density at radius 1 is 1.05 bits per heavy atom. The van der Waals surface area contributed by atoms with Gasteiger partial charge >= 0.3 is 6.18 Å². The van der Waals surface area contributed by atoms with Crippen LogP contribution in [0, 0.1) is 0 Å². The maximum Gasteiger partial charge on any atom is 0.421 e. The van der Waals surface area contributed by atoms with Crippen LogP contribution in [0.4, 0.5) is 13.2 Å². The van der Waals surface area contributed by atoms with Gasteiger partial charge in [0.2, 0.25) is 0 Å². The number of hydrogen-bond donors (Lipinski definition) is 1. The van der Waals surface area contributed by atoms with Gasteiger partial charge in [-0.2, -0.15) is 13.2 Å². The third kappa shape index (κ3) is 3.77. The summed E-state index contributed by atoms with van der Waals surface area (Å²) in [6.45, 7) is -0.447. The summed E-state index contributed by atoms with van der Waals surface area (Å²) in [6.07, 6.45) is -4.57. The van der Waals surface area contributed by atoms with E-state index in [1.807, 2.05) is 6.07 Å². The van der Waals surface area contributed by atoms with Crippen LogP contribution in [0.15, 0.2) is 46.9 Å². The zero-order chi connectivity index (χ0) is 15.5. The molecule has 0 spiro atoms. The lowest BCUT2D eigenvalue weighted by Gasteiger charge is -2.17. The van der Waals surface area contributed by atoms with Crippen LogP contribution >= 0.6 is 15.9 Å². The lowest BCUT2D eigenvalue weighted by atomic mass is 10.1. The summed E-state index contributed by atoms with van der Waals surface area (Å²) < 4.78 is 44.6. The maximum atomic E-state index is 13.2. The molecule has 0 bridgehead atoms. The van der Waals surface area contributed by atoms with Crippen molar-refractivity contribution in [3.05, 3.63) is 63.6 Å².